The zero-order valence-corrected chi connectivity index (χ0v) is 23.1. The normalized spacial score (nSPS) is 13.8. The smallest absolute Gasteiger partial charge is 0.254 e. The van der Waals surface area contributed by atoms with Crippen molar-refractivity contribution in [3.05, 3.63) is 95.3 Å². The van der Waals surface area contributed by atoms with Crippen molar-refractivity contribution in [3.8, 4) is 0 Å². The third kappa shape index (κ3) is 8.51. The van der Waals surface area contributed by atoms with Gasteiger partial charge in [0.2, 0.25) is 5.91 Å². The first-order chi connectivity index (χ1) is 19.0. The van der Waals surface area contributed by atoms with E-state index in [-0.39, 0.29) is 18.4 Å². The second-order valence-corrected chi connectivity index (χ2v) is 9.97. The van der Waals surface area contributed by atoms with Gasteiger partial charge in [0.15, 0.2) is 0 Å². The molecule has 0 spiro atoms. The molecule has 1 aliphatic heterocycles. The lowest BCUT2D eigenvalue weighted by atomic mass is 10.1. The lowest BCUT2D eigenvalue weighted by Gasteiger charge is -2.31. The van der Waals surface area contributed by atoms with Crippen molar-refractivity contribution >= 4 is 11.8 Å². The Balaban J connectivity index is 1.48. The third-order valence-corrected chi connectivity index (χ3v) is 7.09. The summed E-state index contributed by atoms with van der Waals surface area (Å²) < 4.78 is 13.0. The topological polar surface area (TPSA) is 67.2 Å². The van der Waals surface area contributed by atoms with Crippen molar-refractivity contribution in [2.45, 2.75) is 20.0 Å². The fraction of sp³-hybridized carbons (Fsp3) is 0.419. The van der Waals surface area contributed by atoms with Gasteiger partial charge >= 0.3 is 0 Å². The Labute approximate surface area is 231 Å². The number of nitrogens with zero attached hydrogens (tertiary/aromatic N) is 4. The van der Waals surface area contributed by atoms with E-state index in [1.54, 1.807) is 16.9 Å². The molecule has 1 saturated heterocycles. The van der Waals surface area contributed by atoms with E-state index in [9.17, 15) is 9.59 Å². The minimum absolute atomic E-state index is 0.0140. The highest BCUT2D eigenvalue weighted by molar-refractivity contribution is 5.96. The minimum atomic E-state index is -0.129. The number of rotatable bonds is 13. The van der Waals surface area contributed by atoms with Crippen LogP contribution in [0.15, 0.2) is 72.9 Å². The molecule has 1 aromatic heterocycles. The lowest BCUT2D eigenvalue weighted by molar-refractivity contribution is -0.133. The van der Waals surface area contributed by atoms with Gasteiger partial charge in [-0.25, -0.2) is 0 Å². The van der Waals surface area contributed by atoms with Gasteiger partial charge in [0.05, 0.1) is 26.4 Å². The molecule has 0 N–H and O–H groups in total. The van der Waals surface area contributed by atoms with E-state index in [0.29, 0.717) is 51.6 Å². The fourth-order valence-electron chi connectivity index (χ4n) is 4.70. The second kappa shape index (κ2) is 14.6. The number of hydrogen-bond donors (Lipinski definition) is 0. The Morgan fingerprint density at radius 3 is 2.38 bits per heavy atom. The molecule has 0 saturated carbocycles. The first kappa shape index (κ1) is 28.5. The molecule has 0 unspecified atom stereocenters. The summed E-state index contributed by atoms with van der Waals surface area (Å²) in [5, 5.41) is 0. The average Bonchev–Trinajstić information content (AvgIpc) is 3.40. The molecule has 4 rings (SSSR count). The number of carbonyl (C=O) groups excluding carboxylic acids is 2. The van der Waals surface area contributed by atoms with Crippen LogP contribution in [0.1, 0.15) is 27.2 Å². The van der Waals surface area contributed by atoms with Gasteiger partial charge in [-0.05, 0) is 36.8 Å². The molecule has 0 atom stereocenters. The Morgan fingerprint density at radius 2 is 1.67 bits per heavy atom. The molecular formula is C31H40N4O4. The van der Waals surface area contributed by atoms with Crippen molar-refractivity contribution in [1.82, 2.24) is 19.3 Å². The van der Waals surface area contributed by atoms with Gasteiger partial charge in [0.1, 0.15) is 6.54 Å². The molecule has 2 aromatic carbocycles. The molecule has 1 fully saturated rings. The molecule has 0 radical (unpaired) electrons. The highest BCUT2D eigenvalue weighted by Crippen LogP contribution is 2.13. The van der Waals surface area contributed by atoms with E-state index in [1.165, 1.54) is 5.56 Å². The van der Waals surface area contributed by atoms with Crippen LogP contribution in [0.4, 0.5) is 0 Å². The van der Waals surface area contributed by atoms with Gasteiger partial charge in [0, 0.05) is 63.8 Å². The Morgan fingerprint density at radius 1 is 0.923 bits per heavy atom. The monoisotopic (exact) mass is 532 g/mol. The fourth-order valence-corrected chi connectivity index (χ4v) is 4.70. The maximum absolute atomic E-state index is 13.7. The molecule has 2 heterocycles. The Hall–Kier alpha value is -3.46. The van der Waals surface area contributed by atoms with E-state index < -0.39 is 0 Å². The van der Waals surface area contributed by atoms with Gasteiger partial charge in [-0.3, -0.25) is 14.5 Å². The van der Waals surface area contributed by atoms with Crippen molar-refractivity contribution in [2.24, 2.45) is 0 Å². The number of hydrogen-bond acceptors (Lipinski definition) is 5. The molecule has 8 nitrogen and oxygen atoms in total. The van der Waals surface area contributed by atoms with Crippen LogP contribution in [0, 0.1) is 6.92 Å². The summed E-state index contributed by atoms with van der Waals surface area (Å²) in [6, 6.07) is 21.9. The predicted octanol–water partition coefficient (Wildman–Crippen LogP) is 3.29. The van der Waals surface area contributed by atoms with Crippen LogP contribution in [0.5, 0.6) is 0 Å². The molecule has 208 valence electrons. The second-order valence-electron chi connectivity index (χ2n) is 9.97. The summed E-state index contributed by atoms with van der Waals surface area (Å²) in [6.45, 7) is 8.27. The summed E-state index contributed by atoms with van der Waals surface area (Å²) in [5.41, 5.74) is 3.91. The summed E-state index contributed by atoms with van der Waals surface area (Å²) in [5.74, 6) is -0.224. The maximum atomic E-state index is 13.7. The van der Waals surface area contributed by atoms with E-state index >= 15 is 0 Å². The number of methoxy groups -OCH3 is 1. The van der Waals surface area contributed by atoms with Gasteiger partial charge in [-0.2, -0.15) is 0 Å². The van der Waals surface area contributed by atoms with Gasteiger partial charge < -0.3 is 23.8 Å². The average molecular weight is 533 g/mol. The van der Waals surface area contributed by atoms with Crippen LogP contribution in [0.25, 0.3) is 0 Å². The predicted molar refractivity (Wildman–Crippen MR) is 152 cm³/mol. The SMILES string of the molecule is COCCN(Cc1cccn1Cc1ccccc1)C(=O)CN(CCN1CCOCC1)C(=O)c1ccc(C)cc1. The molecule has 39 heavy (non-hydrogen) atoms. The Bertz CT molecular complexity index is 1170. The van der Waals surface area contributed by atoms with Gasteiger partial charge in [-0.1, -0.05) is 48.0 Å². The number of ether oxygens (including phenoxy) is 2. The molecule has 1 aliphatic rings. The quantitative estimate of drug-likeness (QED) is 0.338. The summed E-state index contributed by atoms with van der Waals surface area (Å²) in [6.07, 6.45) is 2.04. The lowest BCUT2D eigenvalue weighted by Crippen LogP contribution is -2.47. The van der Waals surface area contributed by atoms with Crippen molar-refractivity contribution in [3.63, 3.8) is 0 Å². The van der Waals surface area contributed by atoms with Crippen LogP contribution in [-0.4, -0.2) is 97.3 Å². The van der Waals surface area contributed by atoms with Crippen LogP contribution in [-0.2, 0) is 27.4 Å². The van der Waals surface area contributed by atoms with Crippen LogP contribution in [0.3, 0.4) is 0 Å². The van der Waals surface area contributed by atoms with E-state index in [0.717, 1.165) is 30.9 Å². The molecule has 0 aliphatic carbocycles. The van der Waals surface area contributed by atoms with Crippen LogP contribution >= 0.6 is 0 Å². The van der Waals surface area contributed by atoms with Crippen molar-refractivity contribution in [2.75, 3.05) is 66.2 Å². The molecule has 0 bridgehead atoms. The summed E-state index contributed by atoms with van der Waals surface area (Å²) in [7, 11) is 1.64. The Kier molecular flexibility index (Phi) is 10.7. The number of aromatic nitrogens is 1. The zero-order chi connectivity index (χ0) is 27.5. The first-order valence-corrected chi connectivity index (χ1v) is 13.6. The van der Waals surface area contributed by atoms with E-state index in [2.05, 4.69) is 21.6 Å². The van der Waals surface area contributed by atoms with Crippen molar-refractivity contribution < 1.29 is 19.1 Å². The van der Waals surface area contributed by atoms with E-state index in [1.807, 2.05) is 67.7 Å². The minimum Gasteiger partial charge on any atom is -0.383 e. The molecule has 3 aromatic rings. The maximum Gasteiger partial charge on any atom is 0.254 e. The standard InChI is InChI=1S/C31H40N4O4/c1-26-10-12-28(13-11-26)31(37)35(16-15-32-17-21-39-22-18-32)25-30(36)34(19-20-38-2)24-29-9-6-14-33(29)23-27-7-4-3-5-8-27/h3-14H,15-25H2,1-2H3. The summed E-state index contributed by atoms with van der Waals surface area (Å²) >= 11 is 0. The third-order valence-electron chi connectivity index (χ3n) is 7.09. The zero-order valence-electron chi connectivity index (χ0n) is 23.1. The van der Waals surface area contributed by atoms with E-state index in [4.69, 9.17) is 9.47 Å². The number of amides is 2. The number of carbonyl (C=O) groups is 2. The van der Waals surface area contributed by atoms with Crippen LogP contribution in [0.2, 0.25) is 0 Å². The molecular weight excluding hydrogens is 492 g/mol. The van der Waals surface area contributed by atoms with Gasteiger partial charge in [0.25, 0.3) is 5.91 Å². The van der Waals surface area contributed by atoms with Crippen molar-refractivity contribution in [1.29, 1.82) is 0 Å². The number of benzene rings is 2. The number of morpholine rings is 1. The molecule has 8 heteroatoms. The van der Waals surface area contributed by atoms with Crippen LogP contribution < -0.4 is 0 Å². The number of aryl methyl sites for hydroxylation is 1. The van der Waals surface area contributed by atoms with Gasteiger partial charge in [-0.15, -0.1) is 0 Å². The molecule has 2 amide bonds. The largest absolute Gasteiger partial charge is 0.383 e. The summed E-state index contributed by atoms with van der Waals surface area (Å²) in [4.78, 5) is 33.1. The highest BCUT2D eigenvalue weighted by atomic mass is 16.5. The first-order valence-electron chi connectivity index (χ1n) is 13.6. The highest BCUT2D eigenvalue weighted by Gasteiger charge is 2.24.